The second-order valence-electron chi connectivity index (χ2n) is 6.59. The van der Waals surface area contributed by atoms with Crippen LogP contribution in [0.4, 0.5) is 0 Å². The van der Waals surface area contributed by atoms with Crippen molar-refractivity contribution in [2.45, 2.75) is 58.0 Å². The molecule has 1 aliphatic rings. The zero-order valence-electron chi connectivity index (χ0n) is 12.9. The van der Waals surface area contributed by atoms with Crippen molar-refractivity contribution in [3.05, 3.63) is 35.9 Å². The fraction of sp³-hybridized carbons (Fsp3) is 0.647. The fourth-order valence-electron chi connectivity index (χ4n) is 2.36. The summed E-state index contributed by atoms with van der Waals surface area (Å²) in [6, 6.07) is 10.3. The standard InChI is InChI=1S/C17H27NO2/c1-17(2,3)18-11-15-9-10-16(20-15)13-19-12-14-7-5-4-6-8-14/h4-8,15-16,18H,9-13H2,1-3H3. The average Bonchev–Trinajstić information content (AvgIpc) is 2.85. The monoisotopic (exact) mass is 277 g/mol. The van der Waals surface area contributed by atoms with Crippen molar-refractivity contribution in [3.63, 3.8) is 0 Å². The molecule has 1 saturated heterocycles. The fourth-order valence-corrected chi connectivity index (χ4v) is 2.36. The van der Waals surface area contributed by atoms with Crippen molar-refractivity contribution >= 4 is 0 Å². The maximum absolute atomic E-state index is 6.01. The molecule has 0 saturated carbocycles. The summed E-state index contributed by atoms with van der Waals surface area (Å²) < 4.78 is 11.8. The molecule has 3 heteroatoms. The van der Waals surface area contributed by atoms with Crippen LogP contribution in [0.3, 0.4) is 0 Å². The summed E-state index contributed by atoms with van der Waals surface area (Å²) in [5.74, 6) is 0. The molecule has 1 aliphatic heterocycles. The van der Waals surface area contributed by atoms with Crippen LogP contribution >= 0.6 is 0 Å². The first kappa shape index (κ1) is 15.5. The van der Waals surface area contributed by atoms with Crippen LogP contribution in [-0.4, -0.2) is 30.9 Å². The van der Waals surface area contributed by atoms with Crippen LogP contribution in [-0.2, 0) is 16.1 Å². The van der Waals surface area contributed by atoms with Crippen LogP contribution in [0.15, 0.2) is 30.3 Å². The van der Waals surface area contributed by atoms with Gasteiger partial charge in [-0.05, 0) is 39.2 Å². The highest BCUT2D eigenvalue weighted by atomic mass is 16.5. The first-order chi connectivity index (χ1) is 9.53. The lowest BCUT2D eigenvalue weighted by Gasteiger charge is -2.23. The van der Waals surface area contributed by atoms with E-state index in [4.69, 9.17) is 9.47 Å². The number of ether oxygens (including phenoxy) is 2. The summed E-state index contributed by atoms with van der Waals surface area (Å²) in [7, 11) is 0. The number of rotatable bonds is 6. The number of hydrogen-bond donors (Lipinski definition) is 1. The summed E-state index contributed by atoms with van der Waals surface area (Å²) in [6.45, 7) is 8.85. The van der Waals surface area contributed by atoms with E-state index >= 15 is 0 Å². The highest BCUT2D eigenvalue weighted by Gasteiger charge is 2.26. The number of hydrogen-bond acceptors (Lipinski definition) is 3. The Morgan fingerprint density at radius 1 is 1.15 bits per heavy atom. The maximum Gasteiger partial charge on any atom is 0.0814 e. The van der Waals surface area contributed by atoms with Gasteiger partial charge in [0.1, 0.15) is 0 Å². The summed E-state index contributed by atoms with van der Waals surface area (Å²) in [5, 5.41) is 3.50. The average molecular weight is 277 g/mol. The molecule has 112 valence electrons. The molecular formula is C17H27NO2. The summed E-state index contributed by atoms with van der Waals surface area (Å²) in [6.07, 6.45) is 2.82. The van der Waals surface area contributed by atoms with E-state index in [0.29, 0.717) is 19.3 Å². The van der Waals surface area contributed by atoms with E-state index in [1.54, 1.807) is 0 Å². The highest BCUT2D eigenvalue weighted by Crippen LogP contribution is 2.20. The summed E-state index contributed by atoms with van der Waals surface area (Å²) in [5.41, 5.74) is 1.38. The van der Waals surface area contributed by atoms with Crippen LogP contribution in [0.2, 0.25) is 0 Å². The van der Waals surface area contributed by atoms with E-state index in [1.807, 2.05) is 18.2 Å². The minimum atomic E-state index is 0.158. The molecule has 3 nitrogen and oxygen atoms in total. The van der Waals surface area contributed by atoms with E-state index < -0.39 is 0 Å². The Morgan fingerprint density at radius 3 is 2.55 bits per heavy atom. The Balaban J connectivity index is 1.61. The van der Waals surface area contributed by atoms with Crippen LogP contribution in [0.1, 0.15) is 39.2 Å². The molecule has 0 bridgehead atoms. The highest BCUT2D eigenvalue weighted by molar-refractivity contribution is 5.13. The van der Waals surface area contributed by atoms with E-state index in [-0.39, 0.29) is 11.6 Å². The molecule has 0 aliphatic carbocycles. The summed E-state index contributed by atoms with van der Waals surface area (Å²) in [4.78, 5) is 0. The molecule has 1 N–H and O–H groups in total. The molecule has 20 heavy (non-hydrogen) atoms. The third-order valence-corrected chi connectivity index (χ3v) is 3.47. The van der Waals surface area contributed by atoms with E-state index in [2.05, 4.69) is 38.2 Å². The van der Waals surface area contributed by atoms with Crippen molar-refractivity contribution in [1.29, 1.82) is 0 Å². The van der Waals surface area contributed by atoms with E-state index in [0.717, 1.165) is 19.4 Å². The zero-order chi connectivity index (χ0) is 14.4. The van der Waals surface area contributed by atoms with Gasteiger partial charge in [0.2, 0.25) is 0 Å². The maximum atomic E-state index is 6.01. The quantitative estimate of drug-likeness (QED) is 0.866. The molecule has 0 amide bonds. The van der Waals surface area contributed by atoms with E-state index in [9.17, 15) is 0 Å². The van der Waals surface area contributed by atoms with Gasteiger partial charge in [0.25, 0.3) is 0 Å². The first-order valence-corrected chi connectivity index (χ1v) is 7.55. The Bertz CT molecular complexity index is 386. The van der Waals surface area contributed by atoms with Gasteiger partial charge in [-0.3, -0.25) is 0 Å². The number of nitrogens with one attached hydrogen (secondary N) is 1. The molecule has 2 atom stereocenters. The van der Waals surface area contributed by atoms with Crippen molar-refractivity contribution < 1.29 is 9.47 Å². The second-order valence-corrected chi connectivity index (χ2v) is 6.59. The Morgan fingerprint density at radius 2 is 1.85 bits per heavy atom. The van der Waals surface area contributed by atoms with Crippen molar-refractivity contribution in [1.82, 2.24) is 5.32 Å². The first-order valence-electron chi connectivity index (χ1n) is 7.55. The predicted octanol–water partition coefficient (Wildman–Crippen LogP) is 3.14. The third kappa shape index (κ3) is 5.61. The van der Waals surface area contributed by atoms with Crippen LogP contribution in [0.5, 0.6) is 0 Å². The molecule has 0 radical (unpaired) electrons. The van der Waals surface area contributed by atoms with Gasteiger partial charge < -0.3 is 14.8 Å². The molecule has 0 spiro atoms. The summed E-state index contributed by atoms with van der Waals surface area (Å²) >= 11 is 0. The number of benzene rings is 1. The molecule has 1 aromatic rings. The van der Waals surface area contributed by atoms with E-state index in [1.165, 1.54) is 5.56 Å². The lowest BCUT2D eigenvalue weighted by Crippen LogP contribution is -2.41. The third-order valence-electron chi connectivity index (χ3n) is 3.47. The topological polar surface area (TPSA) is 30.5 Å². The molecule has 1 fully saturated rings. The minimum Gasteiger partial charge on any atom is -0.374 e. The molecule has 1 heterocycles. The van der Waals surface area contributed by atoms with Gasteiger partial charge in [0, 0.05) is 12.1 Å². The minimum absolute atomic E-state index is 0.158. The Kier molecular flexibility index (Phi) is 5.58. The second kappa shape index (κ2) is 7.21. The largest absolute Gasteiger partial charge is 0.374 e. The van der Waals surface area contributed by atoms with Crippen molar-refractivity contribution in [2.24, 2.45) is 0 Å². The van der Waals surface area contributed by atoms with Gasteiger partial charge in [0.15, 0.2) is 0 Å². The zero-order valence-corrected chi connectivity index (χ0v) is 12.9. The van der Waals surface area contributed by atoms with Gasteiger partial charge in [-0.15, -0.1) is 0 Å². The van der Waals surface area contributed by atoms with Crippen LogP contribution < -0.4 is 5.32 Å². The van der Waals surface area contributed by atoms with Crippen LogP contribution in [0, 0.1) is 0 Å². The van der Waals surface area contributed by atoms with Gasteiger partial charge >= 0.3 is 0 Å². The molecule has 2 rings (SSSR count). The Labute approximate surface area is 122 Å². The van der Waals surface area contributed by atoms with Crippen LogP contribution in [0.25, 0.3) is 0 Å². The molecule has 2 unspecified atom stereocenters. The van der Waals surface area contributed by atoms with Gasteiger partial charge in [-0.25, -0.2) is 0 Å². The molecular weight excluding hydrogens is 250 g/mol. The lowest BCUT2D eigenvalue weighted by molar-refractivity contribution is -0.0203. The van der Waals surface area contributed by atoms with Gasteiger partial charge in [-0.1, -0.05) is 30.3 Å². The smallest absolute Gasteiger partial charge is 0.0814 e. The lowest BCUT2D eigenvalue weighted by atomic mass is 10.1. The van der Waals surface area contributed by atoms with Gasteiger partial charge in [0.05, 0.1) is 25.4 Å². The SMILES string of the molecule is CC(C)(C)NCC1CCC(COCc2ccccc2)O1. The normalized spacial score (nSPS) is 23.1. The predicted molar refractivity (Wildman–Crippen MR) is 81.7 cm³/mol. The van der Waals surface area contributed by atoms with Crippen molar-refractivity contribution in [2.75, 3.05) is 13.2 Å². The van der Waals surface area contributed by atoms with Gasteiger partial charge in [-0.2, -0.15) is 0 Å². The molecule has 1 aromatic carbocycles. The Hall–Kier alpha value is -0.900. The van der Waals surface area contributed by atoms with Crippen molar-refractivity contribution in [3.8, 4) is 0 Å². The molecule has 0 aromatic heterocycles.